The summed E-state index contributed by atoms with van der Waals surface area (Å²) in [7, 11) is 0. The van der Waals surface area contributed by atoms with Crippen molar-refractivity contribution in [3.8, 4) is 6.07 Å². The van der Waals surface area contributed by atoms with Crippen LogP contribution in [-0.2, 0) is 0 Å². The topological polar surface area (TPSA) is 75.8 Å². The molecule has 4 nitrogen and oxygen atoms in total. The van der Waals surface area contributed by atoms with Crippen molar-refractivity contribution in [3.63, 3.8) is 0 Å². The lowest BCUT2D eigenvalue weighted by Crippen LogP contribution is -1.99. The standard InChI is InChI=1S/C13H11N3O/c1-9-4-5-12(17-9)13(15)11(7-14)10-3-2-6-16-8-10/h2-6,8H,15H2,1H3/b13-11+. The number of furan rings is 1. The number of hydrogen-bond acceptors (Lipinski definition) is 4. The van der Waals surface area contributed by atoms with Crippen LogP contribution in [0.3, 0.4) is 0 Å². The SMILES string of the molecule is Cc1ccc(/C(N)=C(/C#N)c2cccnc2)o1. The molecule has 0 bridgehead atoms. The maximum Gasteiger partial charge on any atom is 0.151 e. The highest BCUT2D eigenvalue weighted by Gasteiger charge is 2.11. The van der Waals surface area contributed by atoms with Gasteiger partial charge in [-0.15, -0.1) is 0 Å². The summed E-state index contributed by atoms with van der Waals surface area (Å²) in [5.41, 5.74) is 7.31. The second kappa shape index (κ2) is 4.54. The van der Waals surface area contributed by atoms with Gasteiger partial charge in [0.2, 0.25) is 0 Å². The molecule has 2 heterocycles. The van der Waals surface area contributed by atoms with Crippen LogP contribution in [0.25, 0.3) is 11.3 Å². The van der Waals surface area contributed by atoms with E-state index >= 15 is 0 Å². The summed E-state index contributed by atoms with van der Waals surface area (Å²) in [6, 6.07) is 9.18. The number of nitriles is 1. The lowest BCUT2D eigenvalue weighted by atomic mass is 10.1. The quantitative estimate of drug-likeness (QED) is 0.796. The van der Waals surface area contributed by atoms with E-state index in [0.29, 0.717) is 22.6 Å². The molecule has 0 spiro atoms. The first-order chi connectivity index (χ1) is 8.22. The van der Waals surface area contributed by atoms with Crippen LogP contribution in [0.15, 0.2) is 41.1 Å². The van der Waals surface area contributed by atoms with E-state index in [9.17, 15) is 0 Å². The molecule has 2 aromatic rings. The van der Waals surface area contributed by atoms with Gasteiger partial charge in [0.1, 0.15) is 11.8 Å². The van der Waals surface area contributed by atoms with Crippen molar-refractivity contribution in [1.82, 2.24) is 4.98 Å². The highest BCUT2D eigenvalue weighted by Crippen LogP contribution is 2.22. The minimum atomic E-state index is 0.327. The van der Waals surface area contributed by atoms with Crippen molar-refractivity contribution in [3.05, 3.63) is 53.7 Å². The molecular formula is C13H11N3O. The Kier molecular flexibility index (Phi) is 2.93. The zero-order chi connectivity index (χ0) is 12.3. The molecule has 2 aromatic heterocycles. The highest BCUT2D eigenvalue weighted by molar-refractivity contribution is 5.94. The molecule has 4 heteroatoms. The number of nitrogens with two attached hydrogens (primary N) is 1. The van der Waals surface area contributed by atoms with E-state index in [4.69, 9.17) is 15.4 Å². The molecule has 0 aliphatic rings. The van der Waals surface area contributed by atoms with Gasteiger partial charge in [0, 0.05) is 18.0 Å². The van der Waals surface area contributed by atoms with Crippen molar-refractivity contribution in [2.75, 3.05) is 0 Å². The first-order valence-corrected chi connectivity index (χ1v) is 5.09. The zero-order valence-electron chi connectivity index (χ0n) is 9.34. The molecule has 0 aliphatic heterocycles. The van der Waals surface area contributed by atoms with Gasteiger partial charge in [-0.05, 0) is 25.1 Å². The number of nitrogens with zero attached hydrogens (tertiary/aromatic N) is 2. The molecule has 17 heavy (non-hydrogen) atoms. The van der Waals surface area contributed by atoms with Gasteiger partial charge < -0.3 is 10.2 Å². The molecule has 0 saturated carbocycles. The molecule has 2 N–H and O–H groups in total. The van der Waals surface area contributed by atoms with E-state index in [2.05, 4.69) is 11.1 Å². The van der Waals surface area contributed by atoms with Gasteiger partial charge in [0.25, 0.3) is 0 Å². The third-order valence-electron chi connectivity index (χ3n) is 2.34. The van der Waals surface area contributed by atoms with Crippen molar-refractivity contribution >= 4 is 11.3 Å². The van der Waals surface area contributed by atoms with E-state index in [0.717, 1.165) is 5.76 Å². The molecule has 0 fully saturated rings. The predicted molar refractivity (Wildman–Crippen MR) is 64.3 cm³/mol. The Balaban J connectivity index is 2.52. The number of hydrogen-bond donors (Lipinski definition) is 1. The summed E-state index contributed by atoms with van der Waals surface area (Å²) in [4.78, 5) is 3.96. The van der Waals surface area contributed by atoms with Gasteiger partial charge in [-0.2, -0.15) is 5.26 Å². The van der Waals surface area contributed by atoms with Crippen molar-refractivity contribution in [2.24, 2.45) is 5.73 Å². The summed E-state index contributed by atoms with van der Waals surface area (Å²) < 4.78 is 5.40. The molecule has 0 amide bonds. The van der Waals surface area contributed by atoms with Gasteiger partial charge in [0.05, 0.1) is 11.3 Å². The monoisotopic (exact) mass is 225 g/mol. The molecule has 0 unspecified atom stereocenters. The van der Waals surface area contributed by atoms with Crippen molar-refractivity contribution in [1.29, 1.82) is 5.26 Å². The molecule has 0 aromatic carbocycles. The third-order valence-corrected chi connectivity index (χ3v) is 2.34. The number of rotatable bonds is 2. The highest BCUT2D eigenvalue weighted by atomic mass is 16.3. The Bertz CT molecular complexity index is 591. The second-order valence-corrected chi connectivity index (χ2v) is 3.55. The van der Waals surface area contributed by atoms with E-state index in [-0.39, 0.29) is 0 Å². The number of allylic oxidation sites excluding steroid dienone is 1. The Hall–Kier alpha value is -2.54. The van der Waals surface area contributed by atoms with Crippen LogP contribution in [0.1, 0.15) is 17.1 Å². The Morgan fingerprint density at radius 1 is 1.41 bits per heavy atom. The lowest BCUT2D eigenvalue weighted by Gasteiger charge is -2.02. The Morgan fingerprint density at radius 3 is 2.76 bits per heavy atom. The van der Waals surface area contributed by atoms with Crippen molar-refractivity contribution in [2.45, 2.75) is 6.92 Å². The first-order valence-electron chi connectivity index (χ1n) is 5.09. The maximum atomic E-state index is 9.16. The van der Waals surface area contributed by atoms with Gasteiger partial charge in [-0.1, -0.05) is 6.07 Å². The van der Waals surface area contributed by atoms with E-state index in [1.54, 1.807) is 36.7 Å². The van der Waals surface area contributed by atoms with Crippen LogP contribution in [0.5, 0.6) is 0 Å². The molecule has 0 radical (unpaired) electrons. The van der Waals surface area contributed by atoms with E-state index in [1.165, 1.54) is 0 Å². The van der Waals surface area contributed by atoms with Crippen LogP contribution in [0.2, 0.25) is 0 Å². The zero-order valence-corrected chi connectivity index (χ0v) is 9.34. The third kappa shape index (κ3) is 2.18. The summed E-state index contributed by atoms with van der Waals surface area (Å²) in [5.74, 6) is 1.26. The van der Waals surface area contributed by atoms with Crippen LogP contribution < -0.4 is 5.73 Å². The number of pyridine rings is 1. The number of aryl methyl sites for hydroxylation is 1. The minimum Gasteiger partial charge on any atom is -0.460 e. The normalized spacial score (nSPS) is 11.8. The van der Waals surface area contributed by atoms with Crippen LogP contribution in [-0.4, -0.2) is 4.98 Å². The smallest absolute Gasteiger partial charge is 0.151 e. The fourth-order valence-corrected chi connectivity index (χ4v) is 1.49. The largest absolute Gasteiger partial charge is 0.460 e. The van der Waals surface area contributed by atoms with Gasteiger partial charge in [0.15, 0.2) is 5.76 Å². The van der Waals surface area contributed by atoms with Gasteiger partial charge in [-0.25, -0.2) is 0 Å². The lowest BCUT2D eigenvalue weighted by molar-refractivity contribution is 0.521. The summed E-state index contributed by atoms with van der Waals surface area (Å²) >= 11 is 0. The number of aromatic nitrogens is 1. The summed E-state index contributed by atoms with van der Waals surface area (Å²) in [6.45, 7) is 1.83. The van der Waals surface area contributed by atoms with Crippen molar-refractivity contribution < 1.29 is 4.42 Å². The maximum absolute atomic E-state index is 9.16. The van der Waals surface area contributed by atoms with Gasteiger partial charge >= 0.3 is 0 Å². The molecule has 2 rings (SSSR count). The molecular weight excluding hydrogens is 214 g/mol. The molecule has 0 aliphatic carbocycles. The molecule has 0 atom stereocenters. The average Bonchev–Trinajstić information content (AvgIpc) is 2.78. The summed E-state index contributed by atoms with van der Waals surface area (Å²) in [5, 5.41) is 9.16. The minimum absolute atomic E-state index is 0.327. The molecule has 84 valence electrons. The fourth-order valence-electron chi connectivity index (χ4n) is 1.49. The van der Waals surface area contributed by atoms with E-state index < -0.39 is 0 Å². The Labute approximate surface area is 99.0 Å². The van der Waals surface area contributed by atoms with Gasteiger partial charge in [-0.3, -0.25) is 4.98 Å². The average molecular weight is 225 g/mol. The van der Waals surface area contributed by atoms with E-state index in [1.807, 2.05) is 6.92 Å². The van der Waals surface area contributed by atoms with Crippen LogP contribution in [0, 0.1) is 18.3 Å². The summed E-state index contributed by atoms with van der Waals surface area (Å²) in [6.07, 6.45) is 3.24. The predicted octanol–water partition coefficient (Wildman–Crippen LogP) is 2.33. The fraction of sp³-hybridized carbons (Fsp3) is 0.0769. The van der Waals surface area contributed by atoms with Crippen LogP contribution >= 0.6 is 0 Å². The second-order valence-electron chi connectivity index (χ2n) is 3.55. The Morgan fingerprint density at radius 2 is 2.24 bits per heavy atom. The van der Waals surface area contributed by atoms with Crippen LogP contribution in [0.4, 0.5) is 0 Å². The first kappa shape index (κ1) is 11.0. The molecule has 0 saturated heterocycles.